The molecule has 0 aliphatic heterocycles. The molecule has 2 amide bonds. The second-order valence-corrected chi connectivity index (χ2v) is 12.8. The predicted octanol–water partition coefficient (Wildman–Crippen LogP) is 5.42. The summed E-state index contributed by atoms with van der Waals surface area (Å²) in [5, 5.41) is 3.64. The minimum Gasteiger partial charge on any atom is -0.497 e. The van der Waals surface area contributed by atoms with Gasteiger partial charge in [0, 0.05) is 17.6 Å². The number of carbonyl (C=O) groups is 2. The van der Waals surface area contributed by atoms with Crippen molar-refractivity contribution in [2.75, 3.05) is 25.1 Å². The summed E-state index contributed by atoms with van der Waals surface area (Å²) in [5.41, 5.74) is 0.942. The molecule has 9 nitrogen and oxygen atoms in total. The van der Waals surface area contributed by atoms with Crippen LogP contribution in [0.25, 0.3) is 0 Å². The second-order valence-electron chi connectivity index (χ2n) is 10.5. The molecule has 1 atom stereocenters. The molecule has 3 aromatic carbocycles. The van der Waals surface area contributed by atoms with E-state index in [0.717, 1.165) is 42.0 Å². The third kappa shape index (κ3) is 8.00. The smallest absolute Gasteiger partial charge is 0.264 e. The van der Waals surface area contributed by atoms with Gasteiger partial charge in [0.2, 0.25) is 11.8 Å². The van der Waals surface area contributed by atoms with E-state index in [1.165, 1.54) is 31.3 Å². The molecule has 0 saturated heterocycles. The Labute approximate surface area is 258 Å². The third-order valence-corrected chi connectivity index (χ3v) is 9.69. The average molecular weight is 628 g/mol. The Balaban J connectivity index is 1.70. The highest BCUT2D eigenvalue weighted by atomic mass is 35.5. The van der Waals surface area contributed by atoms with Gasteiger partial charge in [-0.15, -0.1) is 0 Å². The Morgan fingerprint density at radius 2 is 1.58 bits per heavy atom. The van der Waals surface area contributed by atoms with E-state index < -0.39 is 28.5 Å². The van der Waals surface area contributed by atoms with Crippen LogP contribution in [0, 0.1) is 0 Å². The molecule has 0 radical (unpaired) electrons. The molecule has 0 spiro atoms. The standard InChI is InChI=1S/C32H38ClN3O6S/c1-23(32(38)34-26-9-5-4-6-10-26)35(21-24-13-15-25(33)16-14-24)31(37)22-36(29-11-7-8-12-30(29)42-3)43(39,40)28-19-17-27(41-2)18-20-28/h7-8,11-20,23,26H,4-6,9-10,21-22H2,1-3H3,(H,34,38)/t23-/m1/s1. The number of nitrogens with zero attached hydrogens (tertiary/aromatic N) is 2. The third-order valence-electron chi connectivity index (χ3n) is 7.67. The molecule has 0 heterocycles. The van der Waals surface area contributed by atoms with Crippen LogP contribution in [0.4, 0.5) is 5.69 Å². The van der Waals surface area contributed by atoms with Gasteiger partial charge in [0.05, 0.1) is 24.8 Å². The lowest BCUT2D eigenvalue weighted by Crippen LogP contribution is -2.53. The van der Waals surface area contributed by atoms with E-state index in [0.29, 0.717) is 10.8 Å². The number of anilines is 1. The molecule has 3 aromatic rings. The molecule has 0 aromatic heterocycles. The van der Waals surface area contributed by atoms with Crippen LogP contribution in [0.2, 0.25) is 5.02 Å². The van der Waals surface area contributed by atoms with Crippen LogP contribution in [-0.4, -0.2) is 58.0 Å². The van der Waals surface area contributed by atoms with Crippen molar-refractivity contribution < 1.29 is 27.5 Å². The number of hydrogen-bond acceptors (Lipinski definition) is 6. The summed E-state index contributed by atoms with van der Waals surface area (Å²) in [5.74, 6) is -0.0640. The molecule has 11 heteroatoms. The molecule has 1 aliphatic carbocycles. The van der Waals surface area contributed by atoms with E-state index in [1.54, 1.807) is 67.6 Å². The van der Waals surface area contributed by atoms with Gasteiger partial charge in [-0.05, 0) is 73.9 Å². The van der Waals surface area contributed by atoms with Crippen LogP contribution in [0.1, 0.15) is 44.6 Å². The van der Waals surface area contributed by atoms with Gasteiger partial charge >= 0.3 is 0 Å². The molecule has 43 heavy (non-hydrogen) atoms. The number of para-hydroxylation sites is 2. The molecule has 230 valence electrons. The Morgan fingerprint density at radius 3 is 2.21 bits per heavy atom. The fourth-order valence-electron chi connectivity index (χ4n) is 5.16. The van der Waals surface area contributed by atoms with Crippen LogP contribution < -0.4 is 19.1 Å². The Kier molecular flexibility index (Phi) is 10.9. The number of sulfonamides is 1. The van der Waals surface area contributed by atoms with Crippen molar-refractivity contribution in [3.05, 3.63) is 83.4 Å². The lowest BCUT2D eigenvalue weighted by molar-refractivity contribution is -0.139. The summed E-state index contributed by atoms with van der Waals surface area (Å²) in [4.78, 5) is 29.0. The van der Waals surface area contributed by atoms with E-state index >= 15 is 0 Å². The number of nitrogens with one attached hydrogen (secondary N) is 1. The van der Waals surface area contributed by atoms with Gasteiger partial charge in [-0.25, -0.2) is 8.42 Å². The molecule has 1 saturated carbocycles. The molecule has 1 N–H and O–H groups in total. The van der Waals surface area contributed by atoms with Crippen molar-refractivity contribution in [2.24, 2.45) is 0 Å². The first-order chi connectivity index (χ1) is 20.6. The highest BCUT2D eigenvalue weighted by molar-refractivity contribution is 7.92. The van der Waals surface area contributed by atoms with Gasteiger partial charge in [0.25, 0.3) is 10.0 Å². The highest BCUT2D eigenvalue weighted by Crippen LogP contribution is 2.33. The van der Waals surface area contributed by atoms with E-state index in [1.807, 2.05) is 0 Å². The SMILES string of the molecule is COc1ccc(S(=O)(=O)N(CC(=O)N(Cc2ccc(Cl)cc2)[C@H](C)C(=O)NC2CCCCC2)c2ccccc2OC)cc1. The lowest BCUT2D eigenvalue weighted by atomic mass is 9.95. The zero-order valence-electron chi connectivity index (χ0n) is 24.7. The number of benzene rings is 3. The Hall–Kier alpha value is -3.76. The minimum atomic E-state index is -4.26. The molecule has 0 unspecified atom stereocenters. The maximum atomic E-state index is 14.2. The normalized spacial score (nSPS) is 14.4. The molecular weight excluding hydrogens is 590 g/mol. The average Bonchev–Trinajstić information content (AvgIpc) is 3.03. The summed E-state index contributed by atoms with van der Waals surface area (Å²) < 4.78 is 39.9. The minimum absolute atomic E-state index is 0.0284. The number of hydrogen-bond donors (Lipinski definition) is 1. The summed E-state index contributed by atoms with van der Waals surface area (Å²) in [7, 11) is -1.33. The first-order valence-corrected chi connectivity index (χ1v) is 16.1. The van der Waals surface area contributed by atoms with Gasteiger partial charge in [-0.2, -0.15) is 0 Å². The molecular formula is C32H38ClN3O6S. The predicted molar refractivity (Wildman–Crippen MR) is 167 cm³/mol. The van der Waals surface area contributed by atoms with Crippen LogP contribution in [0.5, 0.6) is 11.5 Å². The van der Waals surface area contributed by atoms with E-state index in [4.69, 9.17) is 21.1 Å². The van der Waals surface area contributed by atoms with Gasteiger partial charge in [0.1, 0.15) is 24.1 Å². The largest absolute Gasteiger partial charge is 0.497 e. The van der Waals surface area contributed by atoms with Gasteiger partial charge in [0.15, 0.2) is 0 Å². The van der Waals surface area contributed by atoms with Crippen LogP contribution in [0.15, 0.2) is 77.7 Å². The van der Waals surface area contributed by atoms with Gasteiger partial charge < -0.3 is 19.7 Å². The zero-order chi connectivity index (χ0) is 31.0. The van der Waals surface area contributed by atoms with E-state index in [9.17, 15) is 18.0 Å². The van der Waals surface area contributed by atoms with Gasteiger partial charge in [-0.1, -0.05) is 55.1 Å². The van der Waals surface area contributed by atoms with E-state index in [-0.39, 0.29) is 34.8 Å². The molecule has 1 fully saturated rings. The van der Waals surface area contributed by atoms with Crippen molar-refractivity contribution in [2.45, 2.75) is 62.6 Å². The monoisotopic (exact) mass is 627 g/mol. The van der Waals surface area contributed by atoms with Crippen molar-refractivity contribution in [3.8, 4) is 11.5 Å². The first kappa shape index (κ1) is 32.2. The number of rotatable bonds is 12. The molecule has 4 rings (SSSR count). The number of methoxy groups -OCH3 is 2. The summed E-state index contributed by atoms with van der Waals surface area (Å²) in [6, 6.07) is 18.7. The van der Waals surface area contributed by atoms with Crippen LogP contribution in [-0.2, 0) is 26.2 Å². The lowest BCUT2D eigenvalue weighted by Gasteiger charge is -2.33. The maximum Gasteiger partial charge on any atom is 0.264 e. The number of carbonyl (C=O) groups excluding carboxylic acids is 2. The highest BCUT2D eigenvalue weighted by Gasteiger charge is 2.34. The summed E-state index contributed by atoms with van der Waals surface area (Å²) in [6.07, 6.45) is 5.02. The zero-order valence-corrected chi connectivity index (χ0v) is 26.2. The van der Waals surface area contributed by atoms with Crippen molar-refractivity contribution in [3.63, 3.8) is 0 Å². The second kappa shape index (κ2) is 14.6. The van der Waals surface area contributed by atoms with Crippen LogP contribution in [0.3, 0.4) is 0 Å². The number of ether oxygens (including phenoxy) is 2. The topological polar surface area (TPSA) is 105 Å². The van der Waals surface area contributed by atoms with Crippen molar-refractivity contribution in [1.82, 2.24) is 10.2 Å². The van der Waals surface area contributed by atoms with Crippen molar-refractivity contribution >= 4 is 39.1 Å². The molecule has 1 aliphatic rings. The quantitative estimate of drug-likeness (QED) is 0.288. The summed E-state index contributed by atoms with van der Waals surface area (Å²) in [6.45, 7) is 1.18. The number of amides is 2. The fraction of sp³-hybridized carbons (Fsp3) is 0.375. The van der Waals surface area contributed by atoms with Crippen molar-refractivity contribution in [1.29, 1.82) is 0 Å². The fourth-order valence-corrected chi connectivity index (χ4v) is 6.71. The maximum absolute atomic E-state index is 14.2. The van der Waals surface area contributed by atoms with Crippen LogP contribution >= 0.6 is 11.6 Å². The Bertz CT molecular complexity index is 1490. The summed E-state index contributed by atoms with van der Waals surface area (Å²) >= 11 is 6.09. The number of halogens is 1. The van der Waals surface area contributed by atoms with E-state index in [2.05, 4.69) is 5.32 Å². The Morgan fingerprint density at radius 1 is 0.930 bits per heavy atom. The molecule has 0 bridgehead atoms. The first-order valence-electron chi connectivity index (χ1n) is 14.3. The van der Waals surface area contributed by atoms with Gasteiger partial charge in [-0.3, -0.25) is 13.9 Å².